The number of amides is 3. The number of carbonyl (C=O) groups is 3. The molecule has 1 N–H and O–H groups in total. The van der Waals surface area contributed by atoms with Gasteiger partial charge >= 0.3 is 6.18 Å². The van der Waals surface area contributed by atoms with Crippen molar-refractivity contribution in [3.63, 3.8) is 0 Å². The van der Waals surface area contributed by atoms with Gasteiger partial charge in [-0.2, -0.15) is 13.2 Å². The fraction of sp³-hybridized carbons (Fsp3) is 0.286. The molecule has 1 aliphatic rings. The molecule has 1 aliphatic heterocycles. The summed E-state index contributed by atoms with van der Waals surface area (Å²) in [5.74, 6) is -0.799. The molecular weight excluding hydrogens is 417 g/mol. The summed E-state index contributed by atoms with van der Waals surface area (Å²) in [4.78, 5) is 37.2. The van der Waals surface area contributed by atoms with E-state index in [0.29, 0.717) is 5.75 Å². The molecule has 1 saturated heterocycles. The van der Waals surface area contributed by atoms with E-state index in [1.165, 1.54) is 44.4 Å². The van der Waals surface area contributed by atoms with Crippen LogP contribution in [0.4, 0.5) is 18.9 Å². The minimum atomic E-state index is -4.45. The molecule has 164 valence electrons. The van der Waals surface area contributed by atoms with Gasteiger partial charge in [-0.05, 0) is 42.8 Å². The maximum atomic E-state index is 12.7. The Balaban J connectivity index is 1.78. The number of rotatable bonds is 5. The second-order valence-corrected chi connectivity index (χ2v) is 6.81. The summed E-state index contributed by atoms with van der Waals surface area (Å²) in [5, 5.41) is 2.63. The molecule has 0 aliphatic carbocycles. The monoisotopic (exact) mass is 436 g/mol. The fourth-order valence-electron chi connectivity index (χ4n) is 3.24. The number of alkyl halides is 3. The van der Waals surface area contributed by atoms with E-state index < -0.39 is 35.5 Å². The Morgan fingerprint density at radius 2 is 1.74 bits per heavy atom. The first-order chi connectivity index (χ1) is 14.6. The van der Waals surface area contributed by atoms with E-state index in [2.05, 4.69) is 5.32 Å². The number of benzene rings is 2. The minimum Gasteiger partial charge on any atom is -0.495 e. The molecule has 3 rings (SSSR count). The zero-order valence-electron chi connectivity index (χ0n) is 16.7. The molecule has 2 aromatic rings. The number of carbonyl (C=O) groups excluding carboxylic acids is 3. The maximum absolute atomic E-state index is 12.7. The van der Waals surface area contributed by atoms with E-state index in [0.717, 1.165) is 17.0 Å². The SMILES string of the molecule is COc1ccc(Oc2ccc(C(F)(F)F)cc2)cc1NC(=O)[C@@H]1CCC(=O)N1C(C)=O. The summed E-state index contributed by atoms with van der Waals surface area (Å²) < 4.78 is 48.9. The van der Waals surface area contributed by atoms with Crippen molar-refractivity contribution in [3.05, 3.63) is 48.0 Å². The van der Waals surface area contributed by atoms with Gasteiger partial charge in [0, 0.05) is 19.4 Å². The van der Waals surface area contributed by atoms with Crippen LogP contribution in [0, 0.1) is 0 Å². The molecule has 31 heavy (non-hydrogen) atoms. The van der Waals surface area contributed by atoms with Crippen molar-refractivity contribution in [3.8, 4) is 17.2 Å². The fourth-order valence-corrected chi connectivity index (χ4v) is 3.24. The Morgan fingerprint density at radius 1 is 1.10 bits per heavy atom. The smallest absolute Gasteiger partial charge is 0.416 e. The summed E-state index contributed by atoms with van der Waals surface area (Å²) in [6, 6.07) is 7.69. The Morgan fingerprint density at radius 3 is 2.32 bits per heavy atom. The Bertz CT molecular complexity index is 1010. The second-order valence-electron chi connectivity index (χ2n) is 6.81. The number of anilines is 1. The van der Waals surface area contributed by atoms with Crippen molar-refractivity contribution >= 4 is 23.4 Å². The van der Waals surface area contributed by atoms with E-state index in [1.54, 1.807) is 0 Å². The van der Waals surface area contributed by atoms with Crippen LogP contribution in [0.25, 0.3) is 0 Å². The summed E-state index contributed by atoms with van der Waals surface area (Å²) in [6.45, 7) is 1.21. The van der Waals surface area contributed by atoms with Crippen LogP contribution < -0.4 is 14.8 Å². The standard InChI is InChI=1S/C21H19F3N2O5/c1-12(27)26-17(8-10-19(26)28)20(29)25-16-11-15(7-9-18(16)30-2)31-14-5-3-13(4-6-14)21(22,23)24/h3-7,9,11,17H,8,10H2,1-2H3,(H,25,29)/t17-/m0/s1. The molecule has 0 spiro atoms. The first kappa shape index (κ1) is 22.1. The highest BCUT2D eigenvalue weighted by Crippen LogP contribution is 2.34. The summed E-state index contributed by atoms with van der Waals surface area (Å²) >= 11 is 0. The highest BCUT2D eigenvalue weighted by Gasteiger charge is 2.38. The maximum Gasteiger partial charge on any atom is 0.416 e. The average Bonchev–Trinajstić information content (AvgIpc) is 3.10. The van der Waals surface area contributed by atoms with Crippen molar-refractivity contribution in [2.45, 2.75) is 32.0 Å². The van der Waals surface area contributed by atoms with E-state index in [1.807, 2.05) is 0 Å². The van der Waals surface area contributed by atoms with Crippen molar-refractivity contribution < 1.29 is 37.0 Å². The predicted octanol–water partition coefficient (Wildman–Crippen LogP) is 3.98. The number of nitrogens with zero attached hydrogens (tertiary/aromatic N) is 1. The number of methoxy groups -OCH3 is 1. The summed E-state index contributed by atoms with van der Waals surface area (Å²) in [5.41, 5.74) is -0.580. The topological polar surface area (TPSA) is 84.9 Å². The molecule has 7 nitrogen and oxygen atoms in total. The summed E-state index contributed by atoms with van der Waals surface area (Å²) in [7, 11) is 1.39. The normalized spacial score (nSPS) is 16.2. The molecule has 3 amide bonds. The molecule has 0 aromatic heterocycles. The van der Waals surface area contributed by atoms with Gasteiger partial charge < -0.3 is 14.8 Å². The lowest BCUT2D eigenvalue weighted by Gasteiger charge is -2.21. The molecule has 10 heteroatoms. The van der Waals surface area contributed by atoms with Crippen LogP contribution in [0.1, 0.15) is 25.3 Å². The van der Waals surface area contributed by atoms with Gasteiger partial charge in [0.25, 0.3) is 0 Å². The van der Waals surface area contributed by atoms with E-state index >= 15 is 0 Å². The van der Waals surface area contributed by atoms with E-state index in [-0.39, 0.29) is 30.0 Å². The number of hydrogen-bond donors (Lipinski definition) is 1. The molecule has 0 saturated carbocycles. The van der Waals surface area contributed by atoms with Gasteiger partial charge in [-0.3, -0.25) is 19.3 Å². The quantitative estimate of drug-likeness (QED) is 0.767. The van der Waals surface area contributed by atoms with Gasteiger partial charge in [0.2, 0.25) is 17.7 Å². The minimum absolute atomic E-state index is 0.0892. The van der Waals surface area contributed by atoms with Gasteiger partial charge in [0.15, 0.2) is 0 Å². The van der Waals surface area contributed by atoms with Gasteiger partial charge in [0.05, 0.1) is 18.4 Å². The van der Waals surface area contributed by atoms with Crippen LogP contribution >= 0.6 is 0 Å². The molecule has 2 aromatic carbocycles. The highest BCUT2D eigenvalue weighted by molar-refractivity contribution is 6.06. The average molecular weight is 436 g/mol. The number of ether oxygens (including phenoxy) is 2. The molecule has 1 fully saturated rings. The second kappa shape index (κ2) is 8.66. The van der Waals surface area contributed by atoms with Crippen molar-refractivity contribution in [1.82, 2.24) is 4.90 Å². The molecule has 0 bridgehead atoms. The van der Waals surface area contributed by atoms with Crippen molar-refractivity contribution in [1.29, 1.82) is 0 Å². The van der Waals surface area contributed by atoms with Crippen molar-refractivity contribution in [2.75, 3.05) is 12.4 Å². The lowest BCUT2D eigenvalue weighted by Crippen LogP contribution is -2.44. The largest absolute Gasteiger partial charge is 0.495 e. The van der Waals surface area contributed by atoms with Gasteiger partial charge in [-0.15, -0.1) is 0 Å². The third-order valence-corrected chi connectivity index (χ3v) is 4.70. The Hall–Kier alpha value is -3.56. The molecular formula is C21H19F3N2O5. The first-order valence-electron chi connectivity index (χ1n) is 9.27. The molecule has 0 unspecified atom stereocenters. The number of nitrogens with one attached hydrogen (secondary N) is 1. The Kier molecular flexibility index (Phi) is 6.19. The number of imide groups is 1. The van der Waals surface area contributed by atoms with Gasteiger partial charge in [-0.25, -0.2) is 0 Å². The van der Waals surface area contributed by atoms with Crippen LogP contribution in [0.2, 0.25) is 0 Å². The Labute approximate surface area is 175 Å². The molecule has 0 radical (unpaired) electrons. The van der Waals surface area contributed by atoms with E-state index in [4.69, 9.17) is 9.47 Å². The van der Waals surface area contributed by atoms with Crippen LogP contribution in [0.5, 0.6) is 17.2 Å². The third-order valence-electron chi connectivity index (χ3n) is 4.70. The molecule has 1 heterocycles. The first-order valence-corrected chi connectivity index (χ1v) is 9.27. The number of likely N-dealkylation sites (tertiary alicyclic amines) is 1. The lowest BCUT2D eigenvalue weighted by molar-refractivity contribution is -0.145. The van der Waals surface area contributed by atoms with E-state index in [9.17, 15) is 27.6 Å². The van der Waals surface area contributed by atoms with Crippen LogP contribution in [-0.2, 0) is 20.6 Å². The number of halogens is 3. The predicted molar refractivity (Wildman–Crippen MR) is 104 cm³/mol. The zero-order chi connectivity index (χ0) is 22.8. The lowest BCUT2D eigenvalue weighted by atomic mass is 10.2. The van der Waals surface area contributed by atoms with Crippen molar-refractivity contribution in [2.24, 2.45) is 0 Å². The van der Waals surface area contributed by atoms with Gasteiger partial charge in [-0.1, -0.05) is 0 Å². The summed E-state index contributed by atoms with van der Waals surface area (Å²) in [6.07, 6.45) is -4.16. The zero-order valence-corrected chi connectivity index (χ0v) is 16.7. The molecule has 1 atom stereocenters. The van der Waals surface area contributed by atoms with Crippen LogP contribution in [-0.4, -0.2) is 35.8 Å². The number of hydrogen-bond acceptors (Lipinski definition) is 5. The highest BCUT2D eigenvalue weighted by atomic mass is 19.4. The third kappa shape index (κ3) is 4.96. The van der Waals surface area contributed by atoms with Crippen LogP contribution in [0.3, 0.4) is 0 Å². The van der Waals surface area contributed by atoms with Crippen LogP contribution in [0.15, 0.2) is 42.5 Å². The van der Waals surface area contributed by atoms with Gasteiger partial charge in [0.1, 0.15) is 23.3 Å².